The Morgan fingerprint density at radius 1 is 1.32 bits per heavy atom. The maximum absolute atomic E-state index is 10.8. The lowest BCUT2D eigenvalue weighted by atomic mass is 10.2. The number of anilines is 1. The van der Waals surface area contributed by atoms with Crippen LogP contribution in [0.1, 0.15) is 0 Å². The molecule has 92 valence electrons. The van der Waals surface area contributed by atoms with Gasteiger partial charge in [-0.3, -0.25) is 9.51 Å². The second-order valence-corrected chi connectivity index (χ2v) is 3.45. The Bertz CT molecular complexity index is 724. The van der Waals surface area contributed by atoms with Gasteiger partial charge in [0, 0.05) is 17.5 Å². The number of hydrogen-bond acceptors (Lipinski definition) is 6. The lowest BCUT2D eigenvalue weighted by Gasteiger charge is -2.01. The molecule has 0 aliphatic heterocycles. The molecule has 0 radical (unpaired) electrons. The number of rotatable bonds is 3. The van der Waals surface area contributed by atoms with Crippen molar-refractivity contribution in [1.82, 2.24) is 10.1 Å². The van der Waals surface area contributed by atoms with Crippen LogP contribution in [0, 0.1) is 22.7 Å². The molecular formula is C12H7N5O2. The van der Waals surface area contributed by atoms with E-state index in [0.29, 0.717) is 17.1 Å². The summed E-state index contributed by atoms with van der Waals surface area (Å²) in [6, 6.07) is 10.3. The van der Waals surface area contributed by atoms with E-state index in [1.165, 1.54) is 6.20 Å². The first-order valence-corrected chi connectivity index (χ1v) is 5.16. The van der Waals surface area contributed by atoms with E-state index < -0.39 is 5.76 Å². The molecule has 0 saturated heterocycles. The number of nitriles is 2. The van der Waals surface area contributed by atoms with Crippen LogP contribution < -0.4 is 11.1 Å². The zero-order chi connectivity index (χ0) is 13.7. The Balaban J connectivity index is 2.16. The van der Waals surface area contributed by atoms with Crippen molar-refractivity contribution in [2.45, 2.75) is 0 Å². The highest BCUT2D eigenvalue weighted by Crippen LogP contribution is 2.17. The second-order valence-electron chi connectivity index (χ2n) is 3.45. The summed E-state index contributed by atoms with van der Waals surface area (Å²) in [5, 5.41) is 23.5. The summed E-state index contributed by atoms with van der Waals surface area (Å²) in [4.78, 5) is 13.2. The van der Waals surface area contributed by atoms with Crippen molar-refractivity contribution >= 4 is 5.69 Å². The lowest BCUT2D eigenvalue weighted by molar-refractivity contribution is 0.388. The molecule has 0 saturated carbocycles. The van der Waals surface area contributed by atoms with E-state index in [1.807, 2.05) is 0 Å². The van der Waals surface area contributed by atoms with Crippen LogP contribution in [0.15, 0.2) is 45.4 Å². The van der Waals surface area contributed by atoms with Crippen LogP contribution in [0.4, 0.5) is 5.69 Å². The van der Waals surface area contributed by atoms with Crippen LogP contribution in [0.25, 0.3) is 11.4 Å². The van der Waals surface area contributed by atoms with Gasteiger partial charge in [-0.2, -0.15) is 10.5 Å². The average Bonchev–Trinajstić information content (AvgIpc) is 2.87. The summed E-state index contributed by atoms with van der Waals surface area (Å²) in [7, 11) is 0. The van der Waals surface area contributed by atoms with E-state index in [4.69, 9.17) is 10.5 Å². The first-order valence-electron chi connectivity index (χ1n) is 5.16. The second kappa shape index (κ2) is 5.34. The smallest absolute Gasteiger partial charge is 0.360 e. The van der Waals surface area contributed by atoms with Crippen molar-refractivity contribution in [3.8, 4) is 23.5 Å². The van der Waals surface area contributed by atoms with Gasteiger partial charge >= 0.3 is 5.76 Å². The summed E-state index contributed by atoms with van der Waals surface area (Å²) in [5.41, 5.74) is 1.35. The molecule has 19 heavy (non-hydrogen) atoms. The molecule has 0 amide bonds. The number of nitrogens with zero attached hydrogens (tertiary/aromatic N) is 3. The van der Waals surface area contributed by atoms with Crippen molar-refractivity contribution < 1.29 is 4.52 Å². The number of aromatic amines is 1. The van der Waals surface area contributed by atoms with Crippen LogP contribution in [0.2, 0.25) is 0 Å². The average molecular weight is 253 g/mol. The summed E-state index contributed by atoms with van der Waals surface area (Å²) >= 11 is 0. The minimum Gasteiger partial charge on any atom is -0.360 e. The van der Waals surface area contributed by atoms with Crippen LogP contribution >= 0.6 is 0 Å². The highest BCUT2D eigenvalue weighted by Gasteiger charge is 2.03. The van der Waals surface area contributed by atoms with Crippen molar-refractivity contribution in [2.75, 3.05) is 5.32 Å². The SMILES string of the molecule is N#CC(C#N)=CNc1ccc(-c2noc(=O)[nH]2)cc1. The molecule has 1 heterocycles. The maximum atomic E-state index is 10.8. The molecule has 0 unspecified atom stereocenters. The van der Waals surface area contributed by atoms with Gasteiger partial charge in [0.15, 0.2) is 5.82 Å². The van der Waals surface area contributed by atoms with E-state index in [2.05, 4.69) is 20.0 Å². The largest absolute Gasteiger partial charge is 0.439 e. The third-order valence-electron chi connectivity index (χ3n) is 2.22. The van der Waals surface area contributed by atoms with Gasteiger partial charge in [-0.15, -0.1) is 0 Å². The molecule has 0 bridgehead atoms. The first kappa shape index (κ1) is 12.1. The van der Waals surface area contributed by atoms with Crippen molar-refractivity contribution in [3.05, 3.63) is 46.6 Å². The van der Waals surface area contributed by atoms with Gasteiger partial charge < -0.3 is 5.32 Å². The fourth-order valence-corrected chi connectivity index (χ4v) is 1.32. The molecule has 7 nitrogen and oxygen atoms in total. The van der Waals surface area contributed by atoms with Gasteiger partial charge in [0.05, 0.1) is 0 Å². The number of allylic oxidation sites excluding steroid dienone is 1. The van der Waals surface area contributed by atoms with E-state index in [0.717, 1.165) is 0 Å². The minimum absolute atomic E-state index is 0.0232. The highest BCUT2D eigenvalue weighted by atomic mass is 16.5. The van der Waals surface area contributed by atoms with Crippen molar-refractivity contribution in [2.24, 2.45) is 0 Å². The van der Waals surface area contributed by atoms with Crippen LogP contribution in [0.5, 0.6) is 0 Å². The Kier molecular flexibility index (Phi) is 3.41. The van der Waals surface area contributed by atoms with Gasteiger partial charge in [0.1, 0.15) is 17.7 Å². The Morgan fingerprint density at radius 2 is 2.00 bits per heavy atom. The van der Waals surface area contributed by atoms with Crippen molar-refractivity contribution in [3.63, 3.8) is 0 Å². The molecule has 0 spiro atoms. The normalized spacial score (nSPS) is 9.16. The van der Waals surface area contributed by atoms with E-state index in [9.17, 15) is 4.79 Å². The molecular weight excluding hydrogens is 246 g/mol. The van der Waals surface area contributed by atoms with Gasteiger partial charge in [-0.1, -0.05) is 5.16 Å². The quantitative estimate of drug-likeness (QED) is 0.797. The fourth-order valence-electron chi connectivity index (χ4n) is 1.32. The Labute approximate surface area is 107 Å². The molecule has 2 N–H and O–H groups in total. The molecule has 2 rings (SSSR count). The maximum Gasteiger partial charge on any atom is 0.439 e. The predicted octanol–water partition coefficient (Wildman–Crippen LogP) is 1.37. The number of benzene rings is 1. The molecule has 0 aliphatic carbocycles. The van der Waals surface area contributed by atoms with E-state index in [1.54, 1.807) is 36.4 Å². The topological polar surface area (TPSA) is 118 Å². The predicted molar refractivity (Wildman–Crippen MR) is 65.5 cm³/mol. The van der Waals surface area contributed by atoms with Crippen LogP contribution in [0.3, 0.4) is 0 Å². The third kappa shape index (κ3) is 2.87. The summed E-state index contributed by atoms with van der Waals surface area (Å²) in [6.45, 7) is 0. The molecule has 7 heteroatoms. The third-order valence-corrected chi connectivity index (χ3v) is 2.22. The summed E-state index contributed by atoms with van der Waals surface area (Å²) < 4.78 is 4.40. The molecule has 0 fully saturated rings. The minimum atomic E-state index is -0.618. The van der Waals surface area contributed by atoms with Gasteiger partial charge in [-0.25, -0.2) is 4.79 Å². The van der Waals surface area contributed by atoms with Crippen LogP contribution in [-0.4, -0.2) is 10.1 Å². The highest BCUT2D eigenvalue weighted by molar-refractivity contribution is 5.60. The number of nitrogens with one attached hydrogen (secondary N) is 2. The fraction of sp³-hybridized carbons (Fsp3) is 0. The monoisotopic (exact) mass is 253 g/mol. The van der Waals surface area contributed by atoms with Gasteiger partial charge in [-0.05, 0) is 24.3 Å². The zero-order valence-corrected chi connectivity index (χ0v) is 9.54. The molecule has 2 aromatic rings. The number of aromatic nitrogens is 2. The van der Waals surface area contributed by atoms with Gasteiger partial charge in [0.25, 0.3) is 0 Å². The standard InChI is InChI=1S/C12H7N5O2/c13-5-8(6-14)7-15-10-3-1-9(2-4-10)11-16-12(18)19-17-11/h1-4,7,15H,(H,16,17,18). The summed E-state index contributed by atoms with van der Waals surface area (Å²) in [5.74, 6) is -0.283. The van der Waals surface area contributed by atoms with Gasteiger partial charge in [0.2, 0.25) is 0 Å². The van der Waals surface area contributed by atoms with Crippen molar-refractivity contribution in [1.29, 1.82) is 10.5 Å². The first-order chi connectivity index (χ1) is 9.22. The number of hydrogen-bond donors (Lipinski definition) is 2. The molecule has 1 aromatic heterocycles. The molecule has 0 atom stereocenters. The lowest BCUT2D eigenvalue weighted by Crippen LogP contribution is -1.95. The Morgan fingerprint density at radius 3 is 2.53 bits per heavy atom. The molecule has 0 aliphatic rings. The van der Waals surface area contributed by atoms with E-state index >= 15 is 0 Å². The van der Waals surface area contributed by atoms with E-state index in [-0.39, 0.29) is 5.57 Å². The number of H-pyrrole nitrogens is 1. The zero-order valence-electron chi connectivity index (χ0n) is 9.54. The summed E-state index contributed by atoms with van der Waals surface area (Å²) in [6.07, 6.45) is 1.31. The van der Waals surface area contributed by atoms with Crippen LogP contribution in [-0.2, 0) is 0 Å². The molecule has 1 aromatic carbocycles. The Hall–Kier alpha value is -3.32.